The number of piperazine rings is 1. The number of rotatable bonds is 7. The third-order valence-corrected chi connectivity index (χ3v) is 4.44. The quantitative estimate of drug-likeness (QED) is 0.777. The van der Waals surface area contributed by atoms with E-state index in [0.29, 0.717) is 55.1 Å². The van der Waals surface area contributed by atoms with E-state index in [-0.39, 0.29) is 18.4 Å². The van der Waals surface area contributed by atoms with Gasteiger partial charge in [-0.2, -0.15) is 0 Å². The Kier molecular flexibility index (Phi) is 7.81. The van der Waals surface area contributed by atoms with Crippen molar-refractivity contribution in [2.45, 2.75) is 13.3 Å². The first-order chi connectivity index (χ1) is 12.0. The summed E-state index contributed by atoms with van der Waals surface area (Å²) in [6.45, 7) is 5.53. The standard InChI is InChI=1S/C17H23Cl2N3O3/c1-2-5-20-16(23)11-21-6-8-22(9-7-21)17(24)12-25-15-4-3-13(18)10-14(15)19/h3-4,10H,2,5-9,11-12H2,1H3,(H,20,23). The largest absolute Gasteiger partial charge is 0.482 e. The molecule has 0 aliphatic carbocycles. The highest BCUT2D eigenvalue weighted by atomic mass is 35.5. The summed E-state index contributed by atoms with van der Waals surface area (Å²) in [5.74, 6) is 0.370. The van der Waals surface area contributed by atoms with Gasteiger partial charge in [0.25, 0.3) is 5.91 Å². The lowest BCUT2D eigenvalue weighted by molar-refractivity contribution is -0.135. The van der Waals surface area contributed by atoms with Crippen molar-refractivity contribution in [3.05, 3.63) is 28.2 Å². The first-order valence-corrected chi connectivity index (χ1v) is 9.10. The number of carbonyl (C=O) groups is 2. The van der Waals surface area contributed by atoms with Crippen LogP contribution in [0, 0.1) is 0 Å². The highest BCUT2D eigenvalue weighted by Crippen LogP contribution is 2.27. The molecule has 1 aromatic rings. The second kappa shape index (κ2) is 9.85. The average Bonchev–Trinajstić information content (AvgIpc) is 2.59. The van der Waals surface area contributed by atoms with E-state index in [0.717, 1.165) is 6.42 Å². The lowest BCUT2D eigenvalue weighted by Gasteiger charge is -2.34. The van der Waals surface area contributed by atoms with E-state index in [2.05, 4.69) is 5.32 Å². The van der Waals surface area contributed by atoms with Crippen LogP contribution in [0.15, 0.2) is 18.2 Å². The predicted molar refractivity (Wildman–Crippen MR) is 98.3 cm³/mol. The summed E-state index contributed by atoms with van der Waals surface area (Å²) in [6, 6.07) is 4.88. The predicted octanol–water partition coefficient (Wildman–Crippen LogP) is 2.04. The van der Waals surface area contributed by atoms with Crippen LogP contribution >= 0.6 is 23.2 Å². The molecule has 0 bridgehead atoms. The molecule has 0 spiro atoms. The summed E-state index contributed by atoms with van der Waals surface area (Å²) in [5.41, 5.74) is 0. The minimum Gasteiger partial charge on any atom is -0.482 e. The second-order valence-corrected chi connectivity index (χ2v) is 6.71. The maximum atomic E-state index is 12.3. The summed E-state index contributed by atoms with van der Waals surface area (Å²) >= 11 is 11.9. The van der Waals surface area contributed by atoms with E-state index in [1.54, 1.807) is 23.1 Å². The van der Waals surface area contributed by atoms with Crippen LogP contribution in [0.5, 0.6) is 5.75 Å². The van der Waals surface area contributed by atoms with Gasteiger partial charge in [0.05, 0.1) is 11.6 Å². The Labute approximate surface area is 158 Å². The van der Waals surface area contributed by atoms with E-state index in [1.165, 1.54) is 0 Å². The number of nitrogens with zero attached hydrogens (tertiary/aromatic N) is 2. The molecule has 2 rings (SSSR count). The van der Waals surface area contributed by atoms with Gasteiger partial charge in [-0.25, -0.2) is 0 Å². The number of amides is 2. The molecule has 25 heavy (non-hydrogen) atoms. The number of nitrogens with one attached hydrogen (secondary N) is 1. The van der Waals surface area contributed by atoms with Crippen LogP contribution < -0.4 is 10.1 Å². The first kappa shape index (κ1) is 19.8. The molecule has 0 saturated carbocycles. The monoisotopic (exact) mass is 387 g/mol. The molecule has 2 amide bonds. The normalized spacial score (nSPS) is 15.1. The van der Waals surface area contributed by atoms with Gasteiger partial charge >= 0.3 is 0 Å². The Morgan fingerprint density at radius 3 is 2.56 bits per heavy atom. The van der Waals surface area contributed by atoms with Crippen LogP contribution in [0.1, 0.15) is 13.3 Å². The van der Waals surface area contributed by atoms with Gasteiger partial charge in [0.15, 0.2) is 6.61 Å². The van der Waals surface area contributed by atoms with Crippen molar-refractivity contribution in [2.24, 2.45) is 0 Å². The van der Waals surface area contributed by atoms with E-state index in [1.807, 2.05) is 11.8 Å². The highest BCUT2D eigenvalue weighted by molar-refractivity contribution is 6.35. The summed E-state index contributed by atoms with van der Waals surface area (Å²) in [6.07, 6.45) is 0.922. The van der Waals surface area contributed by atoms with Gasteiger partial charge in [-0.1, -0.05) is 30.1 Å². The third kappa shape index (κ3) is 6.38. The minimum absolute atomic E-state index is 0.0299. The molecule has 0 unspecified atom stereocenters. The van der Waals surface area contributed by atoms with Crippen molar-refractivity contribution in [3.63, 3.8) is 0 Å². The van der Waals surface area contributed by atoms with Crippen molar-refractivity contribution < 1.29 is 14.3 Å². The molecule has 1 saturated heterocycles. The van der Waals surface area contributed by atoms with Gasteiger partial charge in [0, 0.05) is 37.7 Å². The molecule has 1 fully saturated rings. The molecule has 1 heterocycles. The first-order valence-electron chi connectivity index (χ1n) is 8.34. The lowest BCUT2D eigenvalue weighted by Crippen LogP contribution is -2.52. The number of benzene rings is 1. The third-order valence-electron chi connectivity index (χ3n) is 3.91. The molecule has 1 N–H and O–H groups in total. The number of hydrogen-bond donors (Lipinski definition) is 1. The molecule has 1 aromatic carbocycles. The Bertz CT molecular complexity index is 605. The Morgan fingerprint density at radius 2 is 1.92 bits per heavy atom. The number of halogens is 2. The SMILES string of the molecule is CCCNC(=O)CN1CCN(C(=O)COc2ccc(Cl)cc2Cl)CC1. The van der Waals surface area contributed by atoms with Gasteiger partial charge in [0.1, 0.15) is 5.75 Å². The summed E-state index contributed by atoms with van der Waals surface area (Å²) in [4.78, 5) is 27.8. The summed E-state index contributed by atoms with van der Waals surface area (Å²) in [5, 5.41) is 3.75. The smallest absolute Gasteiger partial charge is 0.260 e. The highest BCUT2D eigenvalue weighted by Gasteiger charge is 2.22. The maximum Gasteiger partial charge on any atom is 0.260 e. The molecule has 8 heteroatoms. The number of ether oxygens (including phenoxy) is 1. The molecule has 6 nitrogen and oxygen atoms in total. The molecule has 0 radical (unpaired) electrons. The molecule has 0 aromatic heterocycles. The molecular formula is C17H23Cl2N3O3. The van der Waals surface area contributed by atoms with Crippen LogP contribution in [0.3, 0.4) is 0 Å². The van der Waals surface area contributed by atoms with Gasteiger partial charge < -0.3 is 15.0 Å². The molecule has 1 aliphatic heterocycles. The Morgan fingerprint density at radius 1 is 1.20 bits per heavy atom. The molecule has 0 atom stereocenters. The fourth-order valence-corrected chi connectivity index (χ4v) is 2.96. The van der Waals surface area contributed by atoms with E-state index in [4.69, 9.17) is 27.9 Å². The van der Waals surface area contributed by atoms with Crippen LogP contribution in [0.2, 0.25) is 10.0 Å². The van der Waals surface area contributed by atoms with Crippen molar-refractivity contribution in [2.75, 3.05) is 45.9 Å². The maximum absolute atomic E-state index is 12.3. The Balaban J connectivity index is 1.73. The van der Waals surface area contributed by atoms with Crippen molar-refractivity contribution in [1.82, 2.24) is 15.1 Å². The van der Waals surface area contributed by atoms with Crippen molar-refractivity contribution >= 4 is 35.0 Å². The van der Waals surface area contributed by atoms with Gasteiger partial charge in [0.2, 0.25) is 5.91 Å². The molecular weight excluding hydrogens is 365 g/mol. The zero-order chi connectivity index (χ0) is 18.2. The van der Waals surface area contributed by atoms with Crippen LogP contribution in [0.4, 0.5) is 0 Å². The van der Waals surface area contributed by atoms with Crippen LogP contribution in [-0.4, -0.2) is 67.5 Å². The summed E-state index contributed by atoms with van der Waals surface area (Å²) < 4.78 is 5.48. The van der Waals surface area contributed by atoms with Crippen LogP contribution in [0.25, 0.3) is 0 Å². The lowest BCUT2D eigenvalue weighted by atomic mass is 10.3. The zero-order valence-electron chi connectivity index (χ0n) is 14.3. The molecule has 1 aliphatic rings. The van der Waals surface area contributed by atoms with Gasteiger partial charge in [-0.15, -0.1) is 0 Å². The molecule has 138 valence electrons. The summed E-state index contributed by atoms with van der Waals surface area (Å²) in [7, 11) is 0. The van der Waals surface area contributed by atoms with E-state index in [9.17, 15) is 9.59 Å². The fraction of sp³-hybridized carbons (Fsp3) is 0.529. The minimum atomic E-state index is -0.0962. The zero-order valence-corrected chi connectivity index (χ0v) is 15.8. The van der Waals surface area contributed by atoms with Crippen molar-refractivity contribution in [1.29, 1.82) is 0 Å². The second-order valence-electron chi connectivity index (χ2n) is 5.87. The van der Waals surface area contributed by atoms with E-state index < -0.39 is 0 Å². The van der Waals surface area contributed by atoms with Gasteiger partial charge in [-0.05, 0) is 24.6 Å². The Hall–Kier alpha value is -1.50. The van der Waals surface area contributed by atoms with Gasteiger partial charge in [-0.3, -0.25) is 14.5 Å². The van der Waals surface area contributed by atoms with Crippen LogP contribution in [-0.2, 0) is 9.59 Å². The average molecular weight is 388 g/mol. The number of carbonyl (C=O) groups excluding carboxylic acids is 2. The topological polar surface area (TPSA) is 61.9 Å². The van der Waals surface area contributed by atoms with E-state index >= 15 is 0 Å². The number of hydrogen-bond acceptors (Lipinski definition) is 4. The fourth-order valence-electron chi connectivity index (χ4n) is 2.50. The van der Waals surface area contributed by atoms with Crippen molar-refractivity contribution in [3.8, 4) is 5.75 Å².